The number of hydrogen-bond acceptors (Lipinski definition) is 5. The van der Waals surface area contributed by atoms with E-state index < -0.39 is 21.7 Å². The highest BCUT2D eigenvalue weighted by Crippen LogP contribution is 2.31. The SMILES string of the molecule is COc1ccc(OC)c(S(=O)(=O)N2CCN(Cc3cccc(F)c3F)CC2)c1. The summed E-state index contributed by atoms with van der Waals surface area (Å²) in [5.41, 5.74) is 0.255. The molecule has 0 unspecified atom stereocenters. The molecule has 9 heteroatoms. The van der Waals surface area contributed by atoms with Gasteiger partial charge in [0.2, 0.25) is 10.0 Å². The minimum absolute atomic E-state index is 0.0407. The average molecular weight is 412 g/mol. The summed E-state index contributed by atoms with van der Waals surface area (Å²) < 4.78 is 65.0. The van der Waals surface area contributed by atoms with Gasteiger partial charge in [-0.05, 0) is 18.2 Å². The van der Waals surface area contributed by atoms with E-state index in [2.05, 4.69) is 0 Å². The van der Waals surface area contributed by atoms with E-state index in [1.165, 1.54) is 36.7 Å². The lowest BCUT2D eigenvalue weighted by Crippen LogP contribution is -2.48. The highest BCUT2D eigenvalue weighted by atomic mass is 32.2. The van der Waals surface area contributed by atoms with Crippen molar-refractivity contribution in [3.05, 3.63) is 53.6 Å². The number of rotatable bonds is 6. The highest BCUT2D eigenvalue weighted by Gasteiger charge is 2.31. The van der Waals surface area contributed by atoms with Crippen LogP contribution in [0.1, 0.15) is 5.56 Å². The molecule has 1 aliphatic heterocycles. The predicted molar refractivity (Wildman–Crippen MR) is 99.9 cm³/mol. The summed E-state index contributed by atoms with van der Waals surface area (Å²) in [5, 5.41) is 0. The third-order valence-electron chi connectivity index (χ3n) is 4.75. The zero-order valence-corrected chi connectivity index (χ0v) is 16.5. The van der Waals surface area contributed by atoms with Crippen LogP contribution in [0.2, 0.25) is 0 Å². The van der Waals surface area contributed by atoms with E-state index in [-0.39, 0.29) is 35.8 Å². The molecule has 2 aromatic rings. The first-order valence-corrected chi connectivity index (χ1v) is 10.2. The maximum atomic E-state index is 13.9. The number of halogens is 2. The van der Waals surface area contributed by atoms with Crippen molar-refractivity contribution in [2.75, 3.05) is 40.4 Å². The normalized spacial score (nSPS) is 16.1. The van der Waals surface area contributed by atoms with Crippen LogP contribution >= 0.6 is 0 Å². The van der Waals surface area contributed by atoms with Crippen molar-refractivity contribution in [3.63, 3.8) is 0 Å². The molecule has 1 heterocycles. The number of sulfonamides is 1. The Labute approximate surface area is 163 Å². The topological polar surface area (TPSA) is 59.1 Å². The second kappa shape index (κ2) is 8.42. The third-order valence-corrected chi connectivity index (χ3v) is 6.67. The van der Waals surface area contributed by atoms with Crippen molar-refractivity contribution in [3.8, 4) is 11.5 Å². The molecule has 0 aliphatic carbocycles. The van der Waals surface area contributed by atoms with Gasteiger partial charge >= 0.3 is 0 Å². The molecule has 28 heavy (non-hydrogen) atoms. The summed E-state index contributed by atoms with van der Waals surface area (Å²) in [6.45, 7) is 1.50. The van der Waals surface area contributed by atoms with Crippen LogP contribution in [0.15, 0.2) is 41.3 Å². The molecule has 0 aromatic heterocycles. The van der Waals surface area contributed by atoms with Gasteiger partial charge in [0.1, 0.15) is 16.4 Å². The first kappa shape index (κ1) is 20.5. The van der Waals surface area contributed by atoms with Crippen molar-refractivity contribution < 1.29 is 26.7 Å². The Morgan fingerprint density at radius 2 is 1.71 bits per heavy atom. The lowest BCUT2D eigenvalue weighted by molar-refractivity contribution is 0.179. The van der Waals surface area contributed by atoms with Crippen molar-refractivity contribution in [2.24, 2.45) is 0 Å². The van der Waals surface area contributed by atoms with Gasteiger partial charge in [0.25, 0.3) is 0 Å². The molecule has 2 aromatic carbocycles. The Hall–Kier alpha value is -2.23. The Morgan fingerprint density at radius 1 is 1.00 bits per heavy atom. The van der Waals surface area contributed by atoms with Crippen molar-refractivity contribution in [1.29, 1.82) is 0 Å². The first-order valence-electron chi connectivity index (χ1n) is 8.74. The number of methoxy groups -OCH3 is 2. The molecule has 0 spiro atoms. The smallest absolute Gasteiger partial charge is 0.246 e. The van der Waals surface area contributed by atoms with Gasteiger partial charge < -0.3 is 9.47 Å². The standard InChI is InChI=1S/C19H22F2N2O4S/c1-26-15-6-7-17(27-2)18(12-15)28(24,25)23-10-8-22(9-11-23)13-14-4-3-5-16(20)19(14)21/h3-7,12H,8-11,13H2,1-2H3. The molecule has 3 rings (SSSR count). The second-order valence-electron chi connectivity index (χ2n) is 6.41. The van der Waals surface area contributed by atoms with Gasteiger partial charge in [-0.15, -0.1) is 0 Å². The number of ether oxygens (including phenoxy) is 2. The van der Waals surface area contributed by atoms with Crippen LogP contribution in [-0.2, 0) is 16.6 Å². The van der Waals surface area contributed by atoms with Crippen molar-refractivity contribution in [2.45, 2.75) is 11.4 Å². The fourth-order valence-corrected chi connectivity index (χ4v) is 4.76. The number of nitrogens with zero attached hydrogens (tertiary/aromatic N) is 2. The number of piperazine rings is 1. The number of benzene rings is 2. The van der Waals surface area contributed by atoms with Crippen LogP contribution in [0.5, 0.6) is 11.5 Å². The lowest BCUT2D eigenvalue weighted by Gasteiger charge is -2.34. The summed E-state index contributed by atoms with van der Waals surface area (Å²) in [7, 11) is -0.911. The van der Waals surface area contributed by atoms with Crippen LogP contribution in [0.25, 0.3) is 0 Å². The lowest BCUT2D eigenvalue weighted by atomic mass is 10.2. The Balaban J connectivity index is 1.73. The van der Waals surface area contributed by atoms with Crippen LogP contribution in [0.3, 0.4) is 0 Å². The summed E-state index contributed by atoms with van der Waals surface area (Å²) >= 11 is 0. The van der Waals surface area contributed by atoms with E-state index in [4.69, 9.17) is 9.47 Å². The molecular weight excluding hydrogens is 390 g/mol. The molecule has 1 aliphatic rings. The van der Waals surface area contributed by atoms with Crippen molar-refractivity contribution in [1.82, 2.24) is 9.21 Å². The van der Waals surface area contributed by atoms with E-state index in [9.17, 15) is 17.2 Å². The van der Waals surface area contributed by atoms with Crippen LogP contribution < -0.4 is 9.47 Å². The second-order valence-corrected chi connectivity index (χ2v) is 8.32. The minimum atomic E-state index is -3.78. The zero-order chi connectivity index (χ0) is 20.3. The van der Waals surface area contributed by atoms with E-state index >= 15 is 0 Å². The number of hydrogen-bond donors (Lipinski definition) is 0. The average Bonchev–Trinajstić information content (AvgIpc) is 2.71. The van der Waals surface area contributed by atoms with Gasteiger partial charge in [-0.2, -0.15) is 4.31 Å². The molecule has 0 amide bonds. The van der Waals surface area contributed by atoms with Crippen LogP contribution in [0, 0.1) is 11.6 Å². The van der Waals surface area contributed by atoms with E-state index in [1.54, 1.807) is 12.1 Å². The van der Waals surface area contributed by atoms with E-state index in [0.717, 1.165) is 6.07 Å². The first-order chi connectivity index (χ1) is 13.4. The van der Waals surface area contributed by atoms with Crippen LogP contribution in [0.4, 0.5) is 8.78 Å². The minimum Gasteiger partial charge on any atom is -0.497 e. The molecule has 0 bridgehead atoms. The van der Waals surface area contributed by atoms with E-state index in [0.29, 0.717) is 18.8 Å². The van der Waals surface area contributed by atoms with Crippen LogP contribution in [-0.4, -0.2) is 58.0 Å². The summed E-state index contributed by atoms with van der Waals surface area (Å²) in [4.78, 5) is 1.94. The summed E-state index contributed by atoms with van der Waals surface area (Å²) in [6.07, 6.45) is 0. The molecule has 0 saturated carbocycles. The fourth-order valence-electron chi connectivity index (χ4n) is 3.16. The third kappa shape index (κ3) is 4.11. The maximum Gasteiger partial charge on any atom is 0.246 e. The Morgan fingerprint density at radius 3 is 2.36 bits per heavy atom. The van der Waals surface area contributed by atoms with Crippen molar-refractivity contribution >= 4 is 10.0 Å². The largest absolute Gasteiger partial charge is 0.497 e. The Bertz CT molecular complexity index is 945. The van der Waals surface area contributed by atoms with Gasteiger partial charge in [0.15, 0.2) is 11.6 Å². The molecule has 6 nitrogen and oxygen atoms in total. The van der Waals surface area contributed by atoms with E-state index in [1.807, 2.05) is 4.90 Å². The molecule has 0 N–H and O–H groups in total. The maximum absolute atomic E-state index is 13.9. The zero-order valence-electron chi connectivity index (χ0n) is 15.7. The van der Waals surface area contributed by atoms with Gasteiger partial charge in [-0.25, -0.2) is 17.2 Å². The van der Waals surface area contributed by atoms with Gasteiger partial charge in [0, 0.05) is 44.4 Å². The summed E-state index contributed by atoms with van der Waals surface area (Å²) in [5.74, 6) is -1.09. The molecular formula is C19H22F2N2O4S. The predicted octanol–water partition coefficient (Wildman–Crippen LogP) is 2.49. The van der Waals surface area contributed by atoms with Gasteiger partial charge in [0.05, 0.1) is 14.2 Å². The van der Waals surface area contributed by atoms with Gasteiger partial charge in [-0.1, -0.05) is 12.1 Å². The Kier molecular flexibility index (Phi) is 6.17. The molecule has 0 radical (unpaired) electrons. The molecule has 1 saturated heterocycles. The quantitative estimate of drug-likeness (QED) is 0.730. The molecule has 0 atom stereocenters. The van der Waals surface area contributed by atoms with Gasteiger partial charge in [-0.3, -0.25) is 4.90 Å². The monoisotopic (exact) mass is 412 g/mol. The molecule has 1 fully saturated rings. The molecule has 152 valence electrons. The highest BCUT2D eigenvalue weighted by molar-refractivity contribution is 7.89. The summed E-state index contributed by atoms with van der Waals surface area (Å²) in [6, 6.07) is 8.68. The fraction of sp³-hybridized carbons (Fsp3) is 0.368.